The summed E-state index contributed by atoms with van der Waals surface area (Å²) in [5.41, 5.74) is -0.551. The standard InChI is InChI=1S/C56H64N4O14.2Ac/c1-9-56(70)37-19-39-45-36(25-60(39)24-33(37)18-43(62)74-56)35(34-12-10-11-13-38(34)59-45)23-57-22-31-14-16-32(17-15-31)50(66)73-41-20-42-54(68,26-71-42)48-28(3)55(69)21-40(72-51(67)46(63)29(4)58-30(5)61)27(2)44(52(55,6)7)47(64)49(65)53(41,48)8;;/h10-17,19,23-24,28-29,39-42,46-48,63-64,68-70H,9,18,20-22,25-26H2,1-8H3,(H,58,61);;/t28-,29-,39?,40-,41-,42+,46+,47+,48?,53+,54-,55+,56+;;/m0../s1. The number of esters is 3. The number of amides is 1. The molecule has 18 nitrogen and oxygen atoms in total. The number of aliphatic hydroxyl groups excluding tert-OH is 2. The molecule has 13 atom stereocenters. The van der Waals surface area contributed by atoms with Gasteiger partial charge in [-0.05, 0) is 73.2 Å². The zero-order chi connectivity index (χ0) is 53.2. The molecule has 3 aromatic rings. The first-order chi connectivity index (χ1) is 34.9. The van der Waals surface area contributed by atoms with Gasteiger partial charge in [0.1, 0.15) is 23.9 Å². The Morgan fingerprint density at radius 1 is 1.04 bits per heavy atom. The minimum absolute atomic E-state index is 0. The number of pyridine rings is 1. The molecule has 2 unspecified atom stereocenters. The van der Waals surface area contributed by atoms with E-state index in [1.54, 1.807) is 65.8 Å². The van der Waals surface area contributed by atoms with E-state index in [-0.39, 0.29) is 144 Å². The Balaban J connectivity index is 0.00000383. The summed E-state index contributed by atoms with van der Waals surface area (Å²) >= 11 is 0. The third-order valence-corrected chi connectivity index (χ3v) is 17.7. The monoisotopic (exact) mass is 1470 g/mol. The molecule has 398 valence electrons. The number of cyclic esters (lactones) is 1. The molecule has 7 aliphatic rings. The van der Waals surface area contributed by atoms with E-state index in [1.165, 1.54) is 13.8 Å². The van der Waals surface area contributed by atoms with Gasteiger partial charge in [0.05, 0.1) is 65.6 Å². The Bertz CT molecular complexity index is 3030. The van der Waals surface area contributed by atoms with E-state index in [9.17, 15) is 44.7 Å². The Labute approximate surface area is 512 Å². The van der Waals surface area contributed by atoms with Crippen molar-refractivity contribution in [2.45, 2.75) is 154 Å². The van der Waals surface area contributed by atoms with Gasteiger partial charge in [-0.2, -0.15) is 0 Å². The maximum absolute atomic E-state index is 15.2. The molecule has 2 saturated carbocycles. The molecular formula is C56H64Ac2N4O14. The van der Waals surface area contributed by atoms with Gasteiger partial charge in [-0.15, -0.1) is 0 Å². The van der Waals surface area contributed by atoms with Crippen molar-refractivity contribution >= 4 is 46.7 Å². The number of fused-ring (bicyclic) bond motifs is 10. The quantitative estimate of drug-likeness (QED) is 0.0722. The van der Waals surface area contributed by atoms with Crippen molar-refractivity contribution in [3.05, 3.63) is 111 Å². The topological polar surface area (TPSA) is 264 Å². The molecule has 10 rings (SSSR count). The van der Waals surface area contributed by atoms with E-state index >= 15 is 4.79 Å². The number of Topliss-reactive ketones (excluding diaryl/α,β-unsaturated/α-hetero) is 1. The Morgan fingerprint density at radius 3 is 2.39 bits per heavy atom. The molecule has 6 N–H and O–H groups in total. The van der Waals surface area contributed by atoms with Crippen LogP contribution in [0.1, 0.15) is 120 Å². The number of hydrogen-bond donors (Lipinski definition) is 6. The number of para-hydroxylation sites is 1. The van der Waals surface area contributed by atoms with E-state index < -0.39 is 106 Å². The van der Waals surface area contributed by atoms with Crippen LogP contribution in [-0.4, -0.2) is 131 Å². The average molecular weight is 1470 g/mol. The van der Waals surface area contributed by atoms with Gasteiger partial charge in [0.25, 0.3) is 0 Å². The van der Waals surface area contributed by atoms with Gasteiger partial charge >= 0.3 is 17.9 Å². The van der Waals surface area contributed by atoms with E-state index in [2.05, 4.69) is 10.2 Å². The molecular weight excluding hydrogens is 1410 g/mol. The number of carbonyl (C=O) groups is 5. The number of rotatable bonds is 10. The zero-order valence-corrected chi connectivity index (χ0v) is 53.4. The van der Waals surface area contributed by atoms with Crippen LogP contribution in [-0.2, 0) is 51.2 Å². The van der Waals surface area contributed by atoms with Crippen LogP contribution in [0.4, 0.5) is 0 Å². The SMILES string of the molecule is CC[C@@]1(O)OC(=O)CC2=CN3Cc4c(nc5ccccc5c4C=NCc4ccc(C(=O)O[C@H]5C[C@H]6OC[C@@]6(O)C6[C@H](C)[C@]7(O)C[C@H](OC(=O)[C@H](O)[C@H](C)NC(C)=O)C(C)=C([C@@H](O)C(=O)[C@@]65C)C7(C)C)cc4)C3C=C21.[Ac].[Ac]. The first kappa shape index (κ1) is 58.9. The fraction of sp³-hybridized carbons (Fsp3) is 0.518. The fourth-order valence-corrected chi connectivity index (χ4v) is 13.6. The summed E-state index contributed by atoms with van der Waals surface area (Å²) in [5.74, 6) is -7.38. The number of aromatic nitrogens is 1. The third-order valence-electron chi connectivity index (χ3n) is 17.7. The summed E-state index contributed by atoms with van der Waals surface area (Å²) in [6.45, 7) is 13.2. The Hall–Kier alpha value is -3.27. The van der Waals surface area contributed by atoms with Gasteiger partial charge in [0.15, 0.2) is 11.9 Å². The molecule has 0 spiro atoms. The number of ether oxygens (including phenoxy) is 4. The van der Waals surface area contributed by atoms with Crippen LogP contribution in [0.2, 0.25) is 0 Å². The number of aliphatic hydroxyl groups is 5. The number of carbonyl (C=O) groups excluding carboxylic acids is 5. The minimum atomic E-state index is -1.90. The van der Waals surface area contributed by atoms with Gasteiger partial charge in [0.2, 0.25) is 11.7 Å². The van der Waals surface area contributed by atoms with Crippen LogP contribution in [0.25, 0.3) is 10.9 Å². The summed E-state index contributed by atoms with van der Waals surface area (Å²) in [6, 6.07) is 13.2. The molecule has 4 fully saturated rings. The van der Waals surface area contributed by atoms with Crippen molar-refractivity contribution in [3.63, 3.8) is 0 Å². The van der Waals surface area contributed by atoms with E-state index in [0.717, 1.165) is 33.3 Å². The smallest absolute Gasteiger partial charge is 0.338 e. The molecule has 1 amide bonds. The molecule has 20 heteroatoms. The normalized spacial score (nSPS) is 33.6. The second kappa shape index (κ2) is 21.3. The molecule has 2 aromatic carbocycles. The molecule has 2 saturated heterocycles. The molecule has 1 aromatic heterocycles. The number of aliphatic imine (C=N–C) groups is 1. The van der Waals surface area contributed by atoms with Gasteiger partial charge in [-0.3, -0.25) is 19.4 Å². The molecule has 5 heterocycles. The van der Waals surface area contributed by atoms with Gasteiger partial charge in [0, 0.05) is 167 Å². The predicted octanol–water partition coefficient (Wildman–Crippen LogP) is 4.12. The first-order valence-corrected chi connectivity index (χ1v) is 25.4. The zero-order valence-electron chi connectivity index (χ0n) is 43.9. The summed E-state index contributed by atoms with van der Waals surface area (Å²) in [5, 5.41) is 63.4. The fourth-order valence-electron chi connectivity index (χ4n) is 13.6. The van der Waals surface area contributed by atoms with E-state index in [1.807, 2.05) is 42.8 Å². The van der Waals surface area contributed by atoms with Crippen molar-refractivity contribution in [1.29, 1.82) is 0 Å². The average Bonchev–Trinajstić information content (AvgIpc) is 3.71. The second-order valence-electron chi connectivity index (χ2n) is 22.2. The maximum Gasteiger partial charge on any atom is 0.338 e. The minimum Gasteiger partial charge on any atom is -0.458 e. The van der Waals surface area contributed by atoms with Crippen LogP contribution in [0, 0.1) is 111 Å². The molecule has 2 radical (unpaired) electrons. The molecule has 4 aliphatic heterocycles. The van der Waals surface area contributed by atoms with Gasteiger partial charge in [-0.25, -0.2) is 14.6 Å². The summed E-state index contributed by atoms with van der Waals surface area (Å²) < 4.78 is 23.4. The summed E-state index contributed by atoms with van der Waals surface area (Å²) in [7, 11) is 0. The van der Waals surface area contributed by atoms with Crippen molar-refractivity contribution in [2.75, 3.05) is 6.61 Å². The predicted molar refractivity (Wildman–Crippen MR) is 265 cm³/mol. The van der Waals surface area contributed by atoms with Crippen LogP contribution >= 0.6 is 0 Å². The van der Waals surface area contributed by atoms with Crippen LogP contribution in [0.5, 0.6) is 0 Å². The van der Waals surface area contributed by atoms with Crippen LogP contribution in [0.3, 0.4) is 0 Å². The van der Waals surface area contributed by atoms with Crippen molar-refractivity contribution < 1.29 is 157 Å². The van der Waals surface area contributed by atoms with E-state index in [4.69, 9.17) is 28.9 Å². The second-order valence-corrected chi connectivity index (χ2v) is 22.2. The maximum atomic E-state index is 15.2. The summed E-state index contributed by atoms with van der Waals surface area (Å²) in [6.07, 6.45) is -1.36. The third kappa shape index (κ3) is 9.36. The molecule has 2 bridgehead atoms. The molecule has 76 heavy (non-hydrogen) atoms. The Kier molecular flexibility index (Phi) is 16.5. The summed E-state index contributed by atoms with van der Waals surface area (Å²) in [4.78, 5) is 79.0. The van der Waals surface area contributed by atoms with E-state index in [0.29, 0.717) is 23.3 Å². The Morgan fingerprint density at radius 2 is 1.74 bits per heavy atom. The van der Waals surface area contributed by atoms with Gasteiger partial charge < -0.3 is 54.7 Å². The number of nitrogens with zero attached hydrogens (tertiary/aromatic N) is 3. The van der Waals surface area contributed by atoms with Gasteiger partial charge in [-0.1, -0.05) is 58.0 Å². The largest absolute Gasteiger partial charge is 0.458 e. The number of hydrogen-bond acceptors (Lipinski definition) is 17. The van der Waals surface area contributed by atoms with Crippen LogP contribution < -0.4 is 5.32 Å². The number of benzene rings is 2. The number of nitrogens with one attached hydrogen (secondary N) is 1. The van der Waals surface area contributed by atoms with Crippen molar-refractivity contribution in [1.82, 2.24) is 15.2 Å². The van der Waals surface area contributed by atoms with Crippen LogP contribution in [0.15, 0.2) is 88.1 Å². The van der Waals surface area contributed by atoms with Crippen molar-refractivity contribution in [3.8, 4) is 0 Å². The van der Waals surface area contributed by atoms with Crippen molar-refractivity contribution in [2.24, 2.45) is 27.7 Å². The number of ketones is 1. The first-order valence-electron chi connectivity index (χ1n) is 25.4. The molecule has 3 aliphatic carbocycles.